The van der Waals surface area contributed by atoms with Gasteiger partial charge in [0.1, 0.15) is 17.8 Å². The number of benzene rings is 2. The summed E-state index contributed by atoms with van der Waals surface area (Å²) in [5.74, 6) is 1.84. The standard InChI is InChI=1S/C20H23N5O/c1-4-26-17-8-6-5-7-15(17)24-19-18(21)20(23-12-22-19)25-16-11-13(2)9-10-14(16)3/h5-12H,4,21H2,1-3H3,(H2,22,23,24,25). The molecule has 26 heavy (non-hydrogen) atoms. The highest BCUT2D eigenvalue weighted by Gasteiger charge is 2.12. The van der Waals surface area contributed by atoms with Crippen molar-refractivity contribution >= 4 is 28.7 Å². The molecule has 0 spiro atoms. The number of nitrogens with zero attached hydrogens (tertiary/aromatic N) is 2. The Hall–Kier alpha value is -3.28. The molecule has 0 radical (unpaired) electrons. The first-order valence-corrected chi connectivity index (χ1v) is 8.52. The highest BCUT2D eigenvalue weighted by molar-refractivity contribution is 5.81. The molecule has 1 heterocycles. The number of para-hydroxylation sites is 2. The molecule has 1 aromatic heterocycles. The molecule has 3 aromatic rings. The summed E-state index contributed by atoms with van der Waals surface area (Å²) in [5, 5.41) is 6.54. The summed E-state index contributed by atoms with van der Waals surface area (Å²) >= 11 is 0. The van der Waals surface area contributed by atoms with Crippen molar-refractivity contribution in [3.63, 3.8) is 0 Å². The zero-order valence-electron chi connectivity index (χ0n) is 15.2. The molecule has 0 aliphatic heterocycles. The van der Waals surface area contributed by atoms with E-state index in [1.165, 1.54) is 6.33 Å². The number of nitrogen functional groups attached to an aromatic ring is 1. The van der Waals surface area contributed by atoms with Gasteiger partial charge in [0, 0.05) is 5.69 Å². The van der Waals surface area contributed by atoms with Crippen molar-refractivity contribution in [2.75, 3.05) is 23.0 Å². The van der Waals surface area contributed by atoms with E-state index in [0.29, 0.717) is 23.9 Å². The normalized spacial score (nSPS) is 10.4. The first-order valence-electron chi connectivity index (χ1n) is 8.52. The molecule has 0 saturated heterocycles. The van der Waals surface area contributed by atoms with Crippen LogP contribution in [0, 0.1) is 13.8 Å². The van der Waals surface area contributed by atoms with Gasteiger partial charge >= 0.3 is 0 Å². The Labute approximate surface area is 153 Å². The summed E-state index contributed by atoms with van der Waals surface area (Å²) < 4.78 is 5.64. The van der Waals surface area contributed by atoms with Gasteiger partial charge < -0.3 is 21.1 Å². The van der Waals surface area contributed by atoms with Crippen LogP contribution in [0.15, 0.2) is 48.8 Å². The first kappa shape index (κ1) is 17.5. The fraction of sp³-hybridized carbons (Fsp3) is 0.200. The Morgan fingerprint density at radius 1 is 0.962 bits per heavy atom. The number of nitrogens with two attached hydrogens (primary N) is 1. The zero-order chi connectivity index (χ0) is 18.5. The summed E-state index contributed by atoms with van der Waals surface area (Å²) in [4.78, 5) is 8.56. The van der Waals surface area contributed by atoms with E-state index in [4.69, 9.17) is 10.5 Å². The lowest BCUT2D eigenvalue weighted by atomic mass is 10.1. The topological polar surface area (TPSA) is 85.1 Å². The van der Waals surface area contributed by atoms with Crippen molar-refractivity contribution in [3.05, 3.63) is 59.9 Å². The average molecular weight is 349 g/mol. The number of hydrogen-bond acceptors (Lipinski definition) is 6. The summed E-state index contributed by atoms with van der Waals surface area (Å²) in [6, 6.07) is 13.9. The lowest BCUT2D eigenvalue weighted by Crippen LogP contribution is -2.06. The van der Waals surface area contributed by atoms with Crippen LogP contribution >= 0.6 is 0 Å². The van der Waals surface area contributed by atoms with Gasteiger partial charge in [-0.15, -0.1) is 0 Å². The van der Waals surface area contributed by atoms with Gasteiger partial charge in [-0.1, -0.05) is 24.3 Å². The van der Waals surface area contributed by atoms with Crippen LogP contribution in [0.5, 0.6) is 5.75 Å². The Balaban J connectivity index is 1.89. The molecule has 4 N–H and O–H groups in total. The Morgan fingerprint density at radius 2 is 1.65 bits per heavy atom. The SMILES string of the molecule is CCOc1ccccc1Nc1ncnc(Nc2cc(C)ccc2C)c1N. The van der Waals surface area contributed by atoms with Crippen molar-refractivity contribution in [2.45, 2.75) is 20.8 Å². The van der Waals surface area contributed by atoms with Crippen LogP contribution in [-0.2, 0) is 0 Å². The highest BCUT2D eigenvalue weighted by Crippen LogP contribution is 2.32. The summed E-state index contributed by atoms with van der Waals surface area (Å²) in [6.07, 6.45) is 1.48. The Bertz CT molecular complexity index is 910. The molecule has 134 valence electrons. The summed E-state index contributed by atoms with van der Waals surface area (Å²) in [6.45, 7) is 6.61. The number of rotatable bonds is 6. The van der Waals surface area contributed by atoms with Crippen LogP contribution in [0.3, 0.4) is 0 Å². The third-order valence-electron chi connectivity index (χ3n) is 3.97. The lowest BCUT2D eigenvalue weighted by Gasteiger charge is -2.16. The maximum atomic E-state index is 6.30. The van der Waals surface area contributed by atoms with Crippen molar-refractivity contribution < 1.29 is 4.74 Å². The van der Waals surface area contributed by atoms with Crippen LogP contribution < -0.4 is 21.1 Å². The molecule has 6 nitrogen and oxygen atoms in total. The van der Waals surface area contributed by atoms with Crippen LogP contribution in [0.2, 0.25) is 0 Å². The van der Waals surface area contributed by atoms with Crippen LogP contribution in [0.1, 0.15) is 18.1 Å². The van der Waals surface area contributed by atoms with Gasteiger partial charge in [-0.3, -0.25) is 0 Å². The van der Waals surface area contributed by atoms with Gasteiger partial charge in [-0.05, 0) is 50.1 Å². The molecule has 6 heteroatoms. The maximum absolute atomic E-state index is 6.30. The van der Waals surface area contributed by atoms with Crippen molar-refractivity contribution in [3.8, 4) is 5.75 Å². The third kappa shape index (κ3) is 3.85. The molecule has 0 saturated carbocycles. The molecule has 0 amide bonds. The number of aromatic nitrogens is 2. The van der Waals surface area contributed by atoms with Crippen molar-refractivity contribution in [2.24, 2.45) is 0 Å². The first-order chi connectivity index (χ1) is 12.6. The van der Waals surface area contributed by atoms with E-state index in [9.17, 15) is 0 Å². The van der Waals surface area contributed by atoms with Gasteiger partial charge in [0.15, 0.2) is 11.6 Å². The minimum absolute atomic E-state index is 0.444. The fourth-order valence-corrected chi connectivity index (χ4v) is 2.57. The largest absolute Gasteiger partial charge is 0.492 e. The van der Waals surface area contributed by atoms with E-state index in [0.717, 1.165) is 28.3 Å². The second-order valence-electron chi connectivity index (χ2n) is 5.98. The Morgan fingerprint density at radius 3 is 2.38 bits per heavy atom. The smallest absolute Gasteiger partial charge is 0.159 e. The van der Waals surface area contributed by atoms with Crippen LogP contribution in [0.25, 0.3) is 0 Å². The fourth-order valence-electron chi connectivity index (χ4n) is 2.57. The molecular formula is C20H23N5O. The summed E-state index contributed by atoms with van der Waals surface area (Å²) in [5.41, 5.74) is 10.8. The number of aryl methyl sites for hydroxylation is 2. The van der Waals surface area contributed by atoms with Crippen LogP contribution in [-0.4, -0.2) is 16.6 Å². The van der Waals surface area contributed by atoms with Gasteiger partial charge in [0.25, 0.3) is 0 Å². The average Bonchev–Trinajstić information content (AvgIpc) is 2.63. The molecule has 3 rings (SSSR count). The monoisotopic (exact) mass is 349 g/mol. The quantitative estimate of drug-likeness (QED) is 0.605. The van der Waals surface area contributed by atoms with Crippen molar-refractivity contribution in [1.82, 2.24) is 9.97 Å². The molecule has 2 aromatic carbocycles. The van der Waals surface area contributed by atoms with E-state index in [-0.39, 0.29) is 0 Å². The number of nitrogens with one attached hydrogen (secondary N) is 2. The molecular weight excluding hydrogens is 326 g/mol. The molecule has 0 aliphatic rings. The lowest BCUT2D eigenvalue weighted by molar-refractivity contribution is 0.342. The predicted molar refractivity (Wildman–Crippen MR) is 107 cm³/mol. The third-order valence-corrected chi connectivity index (χ3v) is 3.97. The number of ether oxygens (including phenoxy) is 1. The second-order valence-corrected chi connectivity index (χ2v) is 5.98. The van der Waals surface area contributed by atoms with E-state index >= 15 is 0 Å². The van der Waals surface area contributed by atoms with E-state index in [1.54, 1.807) is 0 Å². The second kappa shape index (κ2) is 7.74. The highest BCUT2D eigenvalue weighted by atomic mass is 16.5. The Kier molecular flexibility index (Phi) is 5.22. The number of anilines is 5. The van der Waals surface area contributed by atoms with E-state index < -0.39 is 0 Å². The van der Waals surface area contributed by atoms with Gasteiger partial charge in [0.05, 0.1) is 12.3 Å². The number of hydrogen-bond donors (Lipinski definition) is 3. The van der Waals surface area contributed by atoms with Gasteiger partial charge in [0.2, 0.25) is 0 Å². The molecule has 0 bridgehead atoms. The molecule has 0 fully saturated rings. The van der Waals surface area contributed by atoms with Crippen LogP contribution in [0.4, 0.5) is 28.7 Å². The zero-order valence-corrected chi connectivity index (χ0v) is 15.2. The summed E-state index contributed by atoms with van der Waals surface area (Å²) in [7, 11) is 0. The minimum atomic E-state index is 0.444. The molecule has 0 unspecified atom stereocenters. The molecule has 0 aliphatic carbocycles. The van der Waals surface area contributed by atoms with Crippen molar-refractivity contribution in [1.29, 1.82) is 0 Å². The minimum Gasteiger partial charge on any atom is -0.492 e. The maximum Gasteiger partial charge on any atom is 0.159 e. The predicted octanol–water partition coefficient (Wildman–Crippen LogP) is 4.56. The molecule has 0 atom stereocenters. The van der Waals surface area contributed by atoms with Gasteiger partial charge in [-0.25, -0.2) is 9.97 Å². The van der Waals surface area contributed by atoms with E-state index in [2.05, 4.69) is 38.8 Å². The van der Waals surface area contributed by atoms with E-state index in [1.807, 2.05) is 45.0 Å². The van der Waals surface area contributed by atoms with Gasteiger partial charge in [-0.2, -0.15) is 0 Å².